The highest BCUT2D eigenvalue weighted by molar-refractivity contribution is 8.15. The molecular weight excluding hydrogens is 386 g/mol. The Morgan fingerprint density at radius 3 is 2.45 bits per heavy atom. The SMILES string of the molecule is Cc1cc(C)cc(NC2=NC3C(O)C(O)CC(C(=O)Nc4ccccc4)C3S2)c1. The average molecular weight is 412 g/mol. The predicted octanol–water partition coefficient (Wildman–Crippen LogP) is 2.94. The molecular formula is C22H25N3O3S. The molecule has 5 unspecified atom stereocenters. The van der Waals surface area contributed by atoms with E-state index in [0.717, 1.165) is 16.8 Å². The lowest BCUT2D eigenvalue weighted by molar-refractivity contribution is -0.124. The van der Waals surface area contributed by atoms with E-state index in [9.17, 15) is 15.0 Å². The number of aliphatic hydroxyl groups is 2. The summed E-state index contributed by atoms with van der Waals surface area (Å²) in [5.41, 5.74) is 3.92. The largest absolute Gasteiger partial charge is 0.390 e. The molecule has 2 aromatic rings. The first-order valence-corrected chi connectivity index (χ1v) is 10.6. The maximum atomic E-state index is 12.9. The molecule has 6 nitrogen and oxygen atoms in total. The van der Waals surface area contributed by atoms with Crippen molar-refractivity contribution >= 4 is 34.2 Å². The quantitative estimate of drug-likeness (QED) is 0.623. The summed E-state index contributed by atoms with van der Waals surface area (Å²) in [7, 11) is 0. The normalized spacial score (nSPS) is 28.4. The first kappa shape index (κ1) is 19.9. The molecule has 0 radical (unpaired) electrons. The Labute approximate surface area is 174 Å². The zero-order valence-corrected chi connectivity index (χ0v) is 17.2. The van der Waals surface area contributed by atoms with Crippen molar-refractivity contribution in [1.29, 1.82) is 0 Å². The van der Waals surface area contributed by atoms with Crippen LogP contribution >= 0.6 is 11.8 Å². The summed E-state index contributed by atoms with van der Waals surface area (Å²) in [6.07, 6.45) is -1.75. The van der Waals surface area contributed by atoms with Gasteiger partial charge in [0.15, 0.2) is 5.17 Å². The van der Waals surface area contributed by atoms with Crippen LogP contribution in [0.25, 0.3) is 0 Å². The minimum Gasteiger partial charge on any atom is -0.390 e. The Hall–Kier alpha value is -2.35. The topological polar surface area (TPSA) is 94.0 Å². The molecule has 7 heteroatoms. The number of hydrogen-bond acceptors (Lipinski definition) is 6. The third-order valence-electron chi connectivity index (χ3n) is 5.34. The molecule has 1 saturated carbocycles. The number of carbonyl (C=O) groups excluding carboxylic acids is 1. The van der Waals surface area contributed by atoms with E-state index in [-0.39, 0.29) is 17.6 Å². The Balaban J connectivity index is 1.52. The van der Waals surface area contributed by atoms with Crippen LogP contribution in [0.5, 0.6) is 0 Å². The first-order chi connectivity index (χ1) is 13.9. The smallest absolute Gasteiger partial charge is 0.228 e. The number of carbonyl (C=O) groups is 1. The highest BCUT2D eigenvalue weighted by Crippen LogP contribution is 2.41. The highest BCUT2D eigenvalue weighted by Gasteiger charge is 2.50. The number of nitrogens with zero attached hydrogens (tertiary/aromatic N) is 1. The van der Waals surface area contributed by atoms with Crippen LogP contribution in [0.3, 0.4) is 0 Å². The molecule has 1 aliphatic heterocycles. The molecule has 0 bridgehead atoms. The standard InChI is InChI=1S/C22H25N3O3S/c1-12-8-13(2)10-15(9-12)24-22-25-18-19(27)17(26)11-16(20(18)29-22)21(28)23-14-6-4-3-5-7-14/h3-10,16-20,26-27H,11H2,1-2H3,(H,23,28)(H,24,25). The number of amidine groups is 1. The van der Waals surface area contributed by atoms with Gasteiger partial charge in [-0.3, -0.25) is 9.79 Å². The van der Waals surface area contributed by atoms with E-state index >= 15 is 0 Å². The molecule has 1 fully saturated rings. The molecule has 5 atom stereocenters. The van der Waals surface area contributed by atoms with Crippen molar-refractivity contribution in [1.82, 2.24) is 0 Å². The number of para-hydroxylation sites is 1. The summed E-state index contributed by atoms with van der Waals surface area (Å²) >= 11 is 1.46. The second-order valence-corrected chi connectivity index (χ2v) is 8.93. The van der Waals surface area contributed by atoms with Crippen molar-refractivity contribution in [2.45, 2.75) is 43.8 Å². The monoisotopic (exact) mass is 411 g/mol. The van der Waals surface area contributed by atoms with Gasteiger partial charge in [0, 0.05) is 16.6 Å². The minimum absolute atomic E-state index is 0.160. The summed E-state index contributed by atoms with van der Waals surface area (Å²) in [6.45, 7) is 4.07. The second-order valence-electron chi connectivity index (χ2n) is 7.76. The van der Waals surface area contributed by atoms with E-state index in [2.05, 4.69) is 21.7 Å². The van der Waals surface area contributed by atoms with E-state index in [1.165, 1.54) is 11.8 Å². The summed E-state index contributed by atoms with van der Waals surface area (Å²) in [6, 6.07) is 14.9. The van der Waals surface area contributed by atoms with Gasteiger partial charge in [-0.05, 0) is 55.7 Å². The molecule has 1 heterocycles. The molecule has 0 spiro atoms. The van der Waals surface area contributed by atoms with E-state index in [0.29, 0.717) is 10.9 Å². The molecule has 1 amide bonds. The maximum Gasteiger partial charge on any atom is 0.228 e. The van der Waals surface area contributed by atoms with Gasteiger partial charge >= 0.3 is 0 Å². The fourth-order valence-electron chi connectivity index (χ4n) is 4.03. The third kappa shape index (κ3) is 4.32. The number of amides is 1. The van der Waals surface area contributed by atoms with Gasteiger partial charge in [0.05, 0.1) is 18.1 Å². The molecule has 4 N–H and O–H groups in total. The van der Waals surface area contributed by atoms with E-state index in [1.54, 1.807) is 0 Å². The van der Waals surface area contributed by atoms with E-state index in [4.69, 9.17) is 0 Å². The Morgan fingerprint density at radius 2 is 1.76 bits per heavy atom. The number of aliphatic hydroxyl groups excluding tert-OH is 2. The minimum atomic E-state index is -0.980. The second kappa shape index (κ2) is 8.18. The van der Waals surface area contributed by atoms with Crippen LogP contribution in [0, 0.1) is 19.8 Å². The van der Waals surface area contributed by atoms with Crippen LogP contribution in [0.2, 0.25) is 0 Å². The zero-order valence-electron chi connectivity index (χ0n) is 16.4. The van der Waals surface area contributed by atoms with Gasteiger partial charge in [0.25, 0.3) is 0 Å². The Kier molecular flexibility index (Phi) is 5.63. The number of fused-ring (bicyclic) bond motifs is 1. The lowest BCUT2D eigenvalue weighted by atomic mass is 9.81. The van der Waals surface area contributed by atoms with Crippen molar-refractivity contribution < 1.29 is 15.0 Å². The Bertz CT molecular complexity index is 914. The van der Waals surface area contributed by atoms with Gasteiger partial charge in [-0.1, -0.05) is 36.0 Å². The summed E-state index contributed by atoms with van der Waals surface area (Å²) < 4.78 is 0. The van der Waals surface area contributed by atoms with Gasteiger partial charge in [-0.2, -0.15) is 0 Å². The van der Waals surface area contributed by atoms with Crippen LogP contribution in [0.4, 0.5) is 11.4 Å². The Morgan fingerprint density at radius 1 is 1.07 bits per heavy atom. The number of rotatable bonds is 3. The summed E-state index contributed by atoms with van der Waals surface area (Å²) in [4.78, 5) is 17.5. The van der Waals surface area contributed by atoms with Gasteiger partial charge in [0.1, 0.15) is 6.10 Å². The van der Waals surface area contributed by atoms with Gasteiger partial charge < -0.3 is 20.8 Å². The molecule has 152 valence electrons. The number of anilines is 2. The zero-order chi connectivity index (χ0) is 20.5. The number of thioether (sulfide) groups is 1. The third-order valence-corrected chi connectivity index (χ3v) is 6.65. The molecule has 29 heavy (non-hydrogen) atoms. The van der Waals surface area contributed by atoms with Crippen LogP contribution in [0.15, 0.2) is 53.5 Å². The van der Waals surface area contributed by atoms with Crippen molar-refractivity contribution in [3.05, 3.63) is 59.7 Å². The number of benzene rings is 2. The first-order valence-electron chi connectivity index (χ1n) is 9.72. The molecule has 4 rings (SSSR count). The van der Waals surface area contributed by atoms with Crippen molar-refractivity contribution in [3.8, 4) is 0 Å². The number of nitrogens with one attached hydrogen (secondary N) is 2. The van der Waals surface area contributed by atoms with Crippen molar-refractivity contribution in [2.24, 2.45) is 10.9 Å². The fourth-order valence-corrected chi connectivity index (χ4v) is 5.41. The van der Waals surface area contributed by atoms with Crippen LogP contribution < -0.4 is 10.6 Å². The van der Waals surface area contributed by atoms with Gasteiger partial charge in [-0.25, -0.2) is 0 Å². The molecule has 1 aliphatic carbocycles. The highest BCUT2D eigenvalue weighted by atomic mass is 32.2. The number of hydrogen-bond donors (Lipinski definition) is 4. The lowest BCUT2D eigenvalue weighted by Gasteiger charge is -2.37. The predicted molar refractivity (Wildman–Crippen MR) is 117 cm³/mol. The fraction of sp³-hybridized carbons (Fsp3) is 0.364. The maximum absolute atomic E-state index is 12.9. The van der Waals surface area contributed by atoms with Crippen molar-refractivity contribution in [2.75, 3.05) is 10.6 Å². The van der Waals surface area contributed by atoms with Gasteiger partial charge in [-0.15, -0.1) is 0 Å². The number of aryl methyl sites for hydroxylation is 2. The van der Waals surface area contributed by atoms with Crippen molar-refractivity contribution in [3.63, 3.8) is 0 Å². The molecule has 0 saturated heterocycles. The van der Waals surface area contributed by atoms with Crippen LogP contribution in [-0.4, -0.2) is 44.8 Å². The van der Waals surface area contributed by atoms with Crippen LogP contribution in [-0.2, 0) is 4.79 Å². The summed E-state index contributed by atoms with van der Waals surface area (Å²) in [5, 5.41) is 27.5. The lowest BCUT2D eigenvalue weighted by Crippen LogP contribution is -2.52. The van der Waals surface area contributed by atoms with Gasteiger partial charge in [0.2, 0.25) is 5.91 Å². The van der Waals surface area contributed by atoms with Crippen LogP contribution in [0.1, 0.15) is 17.5 Å². The number of aliphatic imine (C=N–C) groups is 1. The van der Waals surface area contributed by atoms with E-state index in [1.807, 2.05) is 56.3 Å². The van der Waals surface area contributed by atoms with E-state index < -0.39 is 24.2 Å². The average Bonchev–Trinajstić information content (AvgIpc) is 3.08. The molecule has 0 aromatic heterocycles. The molecule has 2 aromatic carbocycles. The summed E-state index contributed by atoms with van der Waals surface area (Å²) in [5.74, 6) is -0.613. The molecule has 2 aliphatic rings.